The number of ether oxygens (including phenoxy) is 1. The van der Waals surface area contributed by atoms with E-state index in [9.17, 15) is 14.9 Å². The quantitative estimate of drug-likeness (QED) is 0.672. The van der Waals surface area contributed by atoms with Gasteiger partial charge in [-0.3, -0.25) is 14.9 Å². The number of benzene rings is 1. The molecule has 2 atom stereocenters. The summed E-state index contributed by atoms with van der Waals surface area (Å²) in [6.45, 7) is 3.40. The molecule has 0 radical (unpaired) electrons. The van der Waals surface area contributed by atoms with Gasteiger partial charge in [-0.2, -0.15) is 0 Å². The monoisotopic (exact) mass is 305 g/mol. The van der Waals surface area contributed by atoms with E-state index in [-0.39, 0.29) is 17.3 Å². The van der Waals surface area contributed by atoms with E-state index in [1.165, 1.54) is 19.2 Å². The molecule has 1 aromatic rings. The van der Waals surface area contributed by atoms with Gasteiger partial charge in [0.05, 0.1) is 12.0 Å². The molecular weight excluding hydrogens is 286 g/mol. The van der Waals surface area contributed by atoms with Crippen LogP contribution in [0.5, 0.6) is 5.75 Å². The van der Waals surface area contributed by atoms with Crippen LogP contribution in [-0.4, -0.2) is 49.0 Å². The molecule has 3 rings (SSSR count). The first-order valence-electron chi connectivity index (χ1n) is 7.42. The first-order valence-corrected chi connectivity index (χ1v) is 7.42. The summed E-state index contributed by atoms with van der Waals surface area (Å²) in [5.74, 6) is 1.16. The minimum Gasteiger partial charge on any atom is -0.490 e. The number of rotatable bonds is 3. The van der Waals surface area contributed by atoms with Crippen LogP contribution >= 0.6 is 0 Å². The fraction of sp³-hybridized carbons (Fsp3) is 0.533. The highest BCUT2D eigenvalue weighted by Gasteiger charge is 2.35. The van der Waals surface area contributed by atoms with Crippen molar-refractivity contribution >= 4 is 11.6 Å². The Morgan fingerprint density at radius 2 is 2.18 bits per heavy atom. The summed E-state index contributed by atoms with van der Waals surface area (Å²) < 4.78 is 4.97. The Morgan fingerprint density at radius 1 is 1.41 bits per heavy atom. The first-order chi connectivity index (χ1) is 10.6. The van der Waals surface area contributed by atoms with E-state index in [2.05, 4.69) is 5.32 Å². The van der Waals surface area contributed by atoms with Gasteiger partial charge in [-0.1, -0.05) is 0 Å². The lowest BCUT2D eigenvalue weighted by Gasteiger charge is -2.34. The predicted octanol–water partition coefficient (Wildman–Crippen LogP) is 1.28. The number of nitrogens with zero attached hydrogens (tertiary/aromatic N) is 2. The summed E-state index contributed by atoms with van der Waals surface area (Å²) in [7, 11) is 1.38. The first kappa shape index (κ1) is 14.8. The molecule has 1 aromatic carbocycles. The highest BCUT2D eigenvalue weighted by Crippen LogP contribution is 2.30. The lowest BCUT2D eigenvalue weighted by atomic mass is 9.88. The van der Waals surface area contributed by atoms with Crippen LogP contribution < -0.4 is 10.1 Å². The van der Waals surface area contributed by atoms with Crippen LogP contribution in [-0.2, 0) is 0 Å². The summed E-state index contributed by atoms with van der Waals surface area (Å²) in [4.78, 5) is 25.0. The van der Waals surface area contributed by atoms with Crippen LogP contribution in [0.4, 0.5) is 5.69 Å². The molecule has 0 aliphatic carbocycles. The van der Waals surface area contributed by atoms with Crippen molar-refractivity contribution < 1.29 is 14.5 Å². The summed E-state index contributed by atoms with van der Waals surface area (Å²) in [6, 6.07) is 4.38. The molecule has 7 heteroatoms. The van der Waals surface area contributed by atoms with Gasteiger partial charge in [0.1, 0.15) is 0 Å². The van der Waals surface area contributed by atoms with E-state index >= 15 is 0 Å². The summed E-state index contributed by atoms with van der Waals surface area (Å²) in [6.07, 6.45) is 0.988. The molecule has 2 fully saturated rings. The lowest BCUT2D eigenvalue weighted by Crippen LogP contribution is -2.43. The van der Waals surface area contributed by atoms with Crippen LogP contribution in [0.2, 0.25) is 0 Å². The van der Waals surface area contributed by atoms with Crippen molar-refractivity contribution in [3.05, 3.63) is 33.9 Å². The second kappa shape index (κ2) is 5.92. The van der Waals surface area contributed by atoms with Crippen LogP contribution in [0, 0.1) is 22.0 Å². The predicted molar refractivity (Wildman–Crippen MR) is 80.0 cm³/mol. The number of amides is 1. The van der Waals surface area contributed by atoms with Crippen molar-refractivity contribution in [3.8, 4) is 5.75 Å². The van der Waals surface area contributed by atoms with E-state index in [1.807, 2.05) is 0 Å². The molecule has 22 heavy (non-hydrogen) atoms. The molecule has 0 spiro atoms. The third-order valence-corrected chi connectivity index (χ3v) is 4.61. The van der Waals surface area contributed by atoms with Crippen molar-refractivity contribution in [2.24, 2.45) is 11.8 Å². The van der Waals surface area contributed by atoms with Crippen LogP contribution in [0.15, 0.2) is 18.2 Å². The van der Waals surface area contributed by atoms with Crippen LogP contribution in [0.25, 0.3) is 0 Å². The Morgan fingerprint density at radius 3 is 2.91 bits per heavy atom. The number of likely N-dealkylation sites (tertiary alicyclic amines) is 1. The molecule has 0 aromatic heterocycles. The van der Waals surface area contributed by atoms with Gasteiger partial charge in [0.15, 0.2) is 5.75 Å². The molecule has 0 bridgehead atoms. The number of piperidine rings is 1. The highest BCUT2D eigenvalue weighted by atomic mass is 16.6. The van der Waals surface area contributed by atoms with Gasteiger partial charge < -0.3 is 15.0 Å². The Kier molecular flexibility index (Phi) is 3.98. The number of carbonyl (C=O) groups is 1. The molecule has 1 N–H and O–H groups in total. The Hall–Kier alpha value is -2.15. The second-order valence-corrected chi connectivity index (χ2v) is 5.86. The standard InChI is InChI=1S/C15H19N3O4/c1-22-14-3-2-10(6-13(14)18(20)21)15(19)17-5-4-11-7-16-8-12(11)9-17/h2-3,6,11-12,16H,4-5,7-9H2,1H3. The molecule has 7 nitrogen and oxygen atoms in total. The number of hydrogen-bond donors (Lipinski definition) is 1. The number of nitro groups is 1. The minimum absolute atomic E-state index is 0.142. The van der Waals surface area contributed by atoms with Gasteiger partial charge in [0.25, 0.3) is 5.91 Å². The largest absolute Gasteiger partial charge is 0.490 e. The van der Waals surface area contributed by atoms with Crippen LogP contribution in [0.3, 0.4) is 0 Å². The molecule has 2 heterocycles. The van der Waals surface area contributed by atoms with E-state index in [0.717, 1.165) is 26.1 Å². The molecule has 2 saturated heterocycles. The van der Waals surface area contributed by atoms with Crippen molar-refractivity contribution in [2.75, 3.05) is 33.3 Å². The third kappa shape index (κ3) is 2.64. The van der Waals surface area contributed by atoms with E-state index in [0.29, 0.717) is 23.9 Å². The molecule has 118 valence electrons. The maximum Gasteiger partial charge on any atom is 0.311 e. The molecule has 1 amide bonds. The zero-order valence-corrected chi connectivity index (χ0v) is 12.4. The van der Waals surface area contributed by atoms with E-state index < -0.39 is 4.92 Å². The molecular formula is C15H19N3O4. The molecule has 2 aliphatic rings. The van der Waals surface area contributed by atoms with Crippen molar-refractivity contribution in [1.29, 1.82) is 0 Å². The Labute approximate surface area is 128 Å². The van der Waals surface area contributed by atoms with Gasteiger partial charge in [-0.05, 0) is 43.5 Å². The minimum atomic E-state index is -0.525. The van der Waals surface area contributed by atoms with Gasteiger partial charge in [-0.25, -0.2) is 0 Å². The average Bonchev–Trinajstić information content (AvgIpc) is 3.01. The maximum atomic E-state index is 12.6. The number of hydrogen-bond acceptors (Lipinski definition) is 5. The highest BCUT2D eigenvalue weighted by molar-refractivity contribution is 5.95. The van der Waals surface area contributed by atoms with Gasteiger partial charge in [-0.15, -0.1) is 0 Å². The van der Waals surface area contributed by atoms with Gasteiger partial charge in [0, 0.05) is 24.7 Å². The number of nitrogens with one attached hydrogen (secondary N) is 1. The van der Waals surface area contributed by atoms with Gasteiger partial charge in [0.2, 0.25) is 0 Å². The third-order valence-electron chi connectivity index (χ3n) is 4.61. The number of nitro benzene ring substituents is 1. The average molecular weight is 305 g/mol. The molecule has 2 aliphatic heterocycles. The number of fused-ring (bicyclic) bond motifs is 1. The zero-order chi connectivity index (χ0) is 15.7. The van der Waals surface area contributed by atoms with Crippen molar-refractivity contribution in [2.45, 2.75) is 6.42 Å². The van der Waals surface area contributed by atoms with Crippen molar-refractivity contribution in [3.63, 3.8) is 0 Å². The molecule has 2 unspecified atom stereocenters. The fourth-order valence-electron chi connectivity index (χ4n) is 3.37. The smallest absolute Gasteiger partial charge is 0.311 e. The van der Waals surface area contributed by atoms with Gasteiger partial charge >= 0.3 is 5.69 Å². The zero-order valence-electron chi connectivity index (χ0n) is 12.4. The lowest BCUT2D eigenvalue weighted by molar-refractivity contribution is -0.385. The van der Waals surface area contributed by atoms with Crippen molar-refractivity contribution in [1.82, 2.24) is 10.2 Å². The fourth-order valence-corrected chi connectivity index (χ4v) is 3.37. The topological polar surface area (TPSA) is 84.7 Å². The van der Waals surface area contributed by atoms with E-state index in [1.54, 1.807) is 11.0 Å². The van der Waals surface area contributed by atoms with E-state index in [4.69, 9.17) is 4.74 Å². The molecule has 0 saturated carbocycles. The Bertz CT molecular complexity index is 604. The number of carbonyl (C=O) groups excluding carboxylic acids is 1. The summed E-state index contributed by atoms with van der Waals surface area (Å²) in [5, 5.41) is 14.4. The second-order valence-electron chi connectivity index (χ2n) is 5.86. The SMILES string of the molecule is COc1ccc(C(=O)N2CCC3CNCC3C2)cc1[N+](=O)[O-]. The number of methoxy groups -OCH3 is 1. The van der Waals surface area contributed by atoms with Crippen LogP contribution in [0.1, 0.15) is 16.8 Å². The normalized spacial score (nSPS) is 24.0. The maximum absolute atomic E-state index is 12.6. The summed E-state index contributed by atoms with van der Waals surface area (Å²) >= 11 is 0. The summed E-state index contributed by atoms with van der Waals surface area (Å²) in [5.41, 5.74) is 0.169. The Balaban J connectivity index is 1.80.